The van der Waals surface area contributed by atoms with Crippen molar-refractivity contribution < 1.29 is 19.1 Å². The minimum absolute atomic E-state index is 0.0918. The van der Waals surface area contributed by atoms with Gasteiger partial charge in [-0.05, 0) is 35.2 Å². The van der Waals surface area contributed by atoms with Crippen LogP contribution in [0.1, 0.15) is 29.0 Å². The first-order chi connectivity index (χ1) is 15.2. The van der Waals surface area contributed by atoms with Gasteiger partial charge in [-0.25, -0.2) is 0 Å². The fourth-order valence-corrected chi connectivity index (χ4v) is 3.45. The zero-order valence-electron chi connectivity index (χ0n) is 17.6. The van der Waals surface area contributed by atoms with Gasteiger partial charge in [0.25, 0.3) is 5.91 Å². The number of nitrogens with one attached hydrogen (secondary N) is 1. The van der Waals surface area contributed by atoms with Gasteiger partial charge >= 0.3 is 5.97 Å². The van der Waals surface area contributed by atoms with Crippen molar-refractivity contribution in [3.63, 3.8) is 0 Å². The number of benzene rings is 3. The maximum Gasteiger partial charge on any atom is 0.310 e. The van der Waals surface area contributed by atoms with Crippen molar-refractivity contribution in [2.75, 3.05) is 20.3 Å². The van der Waals surface area contributed by atoms with Crippen molar-refractivity contribution in [2.45, 2.75) is 18.8 Å². The number of carbonyl (C=O) groups is 2. The van der Waals surface area contributed by atoms with Crippen LogP contribution in [0.3, 0.4) is 0 Å². The van der Waals surface area contributed by atoms with Crippen LogP contribution in [0.5, 0.6) is 5.75 Å². The molecule has 1 N–H and O–H groups in total. The maximum atomic E-state index is 12.1. The second-order valence-corrected chi connectivity index (χ2v) is 7.20. The summed E-state index contributed by atoms with van der Waals surface area (Å²) >= 11 is 0. The topological polar surface area (TPSA) is 64.6 Å². The summed E-state index contributed by atoms with van der Waals surface area (Å²) in [5.74, 6) is 0.0986. The zero-order chi connectivity index (χ0) is 21.9. The number of carbonyl (C=O) groups excluding carboxylic acids is 2. The van der Waals surface area contributed by atoms with Crippen LogP contribution in [0.25, 0.3) is 0 Å². The third kappa shape index (κ3) is 7.00. The summed E-state index contributed by atoms with van der Waals surface area (Å²) in [5, 5.41) is 2.85. The van der Waals surface area contributed by atoms with Crippen LogP contribution < -0.4 is 10.1 Å². The Balaban J connectivity index is 1.46. The van der Waals surface area contributed by atoms with Crippen LogP contribution >= 0.6 is 0 Å². The van der Waals surface area contributed by atoms with Gasteiger partial charge in [-0.3, -0.25) is 9.59 Å². The maximum absolute atomic E-state index is 12.1. The lowest BCUT2D eigenvalue weighted by Gasteiger charge is -2.18. The van der Waals surface area contributed by atoms with Crippen molar-refractivity contribution in [1.29, 1.82) is 0 Å². The first-order valence-corrected chi connectivity index (χ1v) is 10.3. The average molecular weight is 418 g/mol. The van der Waals surface area contributed by atoms with E-state index in [0.29, 0.717) is 12.3 Å². The van der Waals surface area contributed by atoms with E-state index in [9.17, 15) is 9.59 Å². The Morgan fingerprint density at radius 1 is 0.871 bits per heavy atom. The highest BCUT2D eigenvalue weighted by Gasteiger charge is 2.15. The van der Waals surface area contributed by atoms with E-state index in [1.54, 1.807) is 19.2 Å². The Kier molecular flexibility index (Phi) is 8.23. The monoisotopic (exact) mass is 417 g/mol. The molecule has 0 aliphatic rings. The second kappa shape index (κ2) is 11.6. The van der Waals surface area contributed by atoms with Gasteiger partial charge in [-0.2, -0.15) is 0 Å². The van der Waals surface area contributed by atoms with Gasteiger partial charge < -0.3 is 14.8 Å². The summed E-state index contributed by atoms with van der Waals surface area (Å²) in [5.41, 5.74) is 3.18. The summed E-state index contributed by atoms with van der Waals surface area (Å²) in [6.45, 7) is 0.199. The van der Waals surface area contributed by atoms with E-state index < -0.39 is 5.97 Å². The molecule has 160 valence electrons. The summed E-state index contributed by atoms with van der Waals surface area (Å²) < 4.78 is 10.3. The molecular weight excluding hydrogens is 390 g/mol. The summed E-state index contributed by atoms with van der Waals surface area (Å²) in [4.78, 5) is 24.2. The molecule has 0 saturated carbocycles. The van der Waals surface area contributed by atoms with Gasteiger partial charge in [0.2, 0.25) is 0 Å². The van der Waals surface area contributed by atoms with Crippen LogP contribution in [0.2, 0.25) is 0 Å². The van der Waals surface area contributed by atoms with E-state index in [4.69, 9.17) is 9.47 Å². The van der Waals surface area contributed by atoms with Crippen molar-refractivity contribution in [3.8, 4) is 5.75 Å². The number of hydrogen-bond donors (Lipinski definition) is 1. The summed E-state index contributed by atoms with van der Waals surface area (Å²) in [7, 11) is 1.57. The van der Waals surface area contributed by atoms with Crippen LogP contribution in [-0.2, 0) is 20.7 Å². The third-order valence-electron chi connectivity index (χ3n) is 5.01. The Bertz CT molecular complexity index is 933. The van der Waals surface area contributed by atoms with Gasteiger partial charge in [-0.15, -0.1) is 0 Å². The Hall–Kier alpha value is -3.60. The molecule has 0 spiro atoms. The number of rotatable bonds is 10. The molecule has 0 fully saturated rings. The van der Waals surface area contributed by atoms with Gasteiger partial charge in [-0.1, -0.05) is 72.8 Å². The fraction of sp³-hybridized carbons (Fsp3) is 0.231. The Morgan fingerprint density at radius 3 is 2.13 bits per heavy atom. The minimum atomic E-state index is -0.449. The predicted molar refractivity (Wildman–Crippen MR) is 120 cm³/mol. The molecule has 5 nitrogen and oxygen atoms in total. The lowest BCUT2D eigenvalue weighted by Crippen LogP contribution is -2.30. The first kappa shape index (κ1) is 22.1. The molecule has 0 aliphatic heterocycles. The average Bonchev–Trinajstić information content (AvgIpc) is 2.82. The molecule has 0 aliphatic carbocycles. The first-order valence-electron chi connectivity index (χ1n) is 10.3. The van der Waals surface area contributed by atoms with Gasteiger partial charge in [0.15, 0.2) is 6.61 Å². The summed E-state index contributed by atoms with van der Waals surface area (Å²) in [6, 6.07) is 27.7. The SMILES string of the molecule is COc1cccc(CC(=O)OCC(=O)NCCC(c2ccccc2)c2ccccc2)c1. The van der Waals surface area contributed by atoms with Crippen molar-refractivity contribution in [3.05, 3.63) is 102 Å². The molecule has 0 radical (unpaired) electrons. The molecule has 0 bridgehead atoms. The fourth-order valence-electron chi connectivity index (χ4n) is 3.45. The molecule has 0 saturated heterocycles. The zero-order valence-corrected chi connectivity index (χ0v) is 17.6. The third-order valence-corrected chi connectivity index (χ3v) is 5.01. The molecule has 0 atom stereocenters. The molecule has 0 heterocycles. The molecule has 3 aromatic carbocycles. The molecule has 0 aromatic heterocycles. The Labute approximate surface area is 183 Å². The number of esters is 1. The number of ether oxygens (including phenoxy) is 2. The van der Waals surface area contributed by atoms with Crippen LogP contribution in [0.15, 0.2) is 84.9 Å². The standard InChI is InChI=1S/C26H27NO4/c1-30-23-14-8-9-20(17-23)18-26(29)31-19-25(28)27-16-15-24(21-10-4-2-5-11-21)22-12-6-3-7-13-22/h2-14,17,24H,15-16,18-19H2,1H3,(H,27,28). The van der Waals surface area contributed by atoms with Gasteiger partial charge in [0.05, 0.1) is 13.5 Å². The number of amides is 1. The molecule has 3 aromatic rings. The quantitative estimate of drug-likeness (QED) is 0.504. The van der Waals surface area contributed by atoms with Crippen molar-refractivity contribution in [2.24, 2.45) is 0 Å². The van der Waals surface area contributed by atoms with E-state index in [2.05, 4.69) is 29.6 Å². The van der Waals surface area contributed by atoms with Crippen molar-refractivity contribution in [1.82, 2.24) is 5.32 Å². The van der Waals surface area contributed by atoms with E-state index >= 15 is 0 Å². The number of hydrogen-bond acceptors (Lipinski definition) is 4. The largest absolute Gasteiger partial charge is 0.497 e. The smallest absolute Gasteiger partial charge is 0.310 e. The minimum Gasteiger partial charge on any atom is -0.497 e. The molecule has 0 unspecified atom stereocenters. The van der Waals surface area contributed by atoms with Gasteiger partial charge in [0.1, 0.15) is 5.75 Å². The van der Waals surface area contributed by atoms with E-state index in [0.717, 1.165) is 12.0 Å². The molecule has 3 rings (SSSR count). The second-order valence-electron chi connectivity index (χ2n) is 7.20. The number of methoxy groups -OCH3 is 1. The lowest BCUT2D eigenvalue weighted by molar-refractivity contribution is -0.147. The summed E-state index contributed by atoms with van der Waals surface area (Å²) in [6.07, 6.45) is 0.839. The van der Waals surface area contributed by atoms with Crippen LogP contribution in [-0.4, -0.2) is 32.1 Å². The molecular formula is C26H27NO4. The van der Waals surface area contributed by atoms with Gasteiger partial charge in [0, 0.05) is 12.5 Å². The highest BCUT2D eigenvalue weighted by atomic mass is 16.5. The highest BCUT2D eigenvalue weighted by molar-refractivity contribution is 5.81. The van der Waals surface area contributed by atoms with E-state index in [1.165, 1.54) is 11.1 Å². The lowest BCUT2D eigenvalue weighted by atomic mass is 9.88. The van der Waals surface area contributed by atoms with E-state index in [-0.39, 0.29) is 24.9 Å². The van der Waals surface area contributed by atoms with Crippen LogP contribution in [0, 0.1) is 0 Å². The molecule has 1 amide bonds. The molecule has 5 heteroatoms. The van der Waals surface area contributed by atoms with Crippen LogP contribution in [0.4, 0.5) is 0 Å². The van der Waals surface area contributed by atoms with E-state index in [1.807, 2.05) is 48.5 Å². The highest BCUT2D eigenvalue weighted by Crippen LogP contribution is 2.27. The molecule has 31 heavy (non-hydrogen) atoms. The predicted octanol–water partition coefficient (Wildman–Crippen LogP) is 4.12. The Morgan fingerprint density at radius 2 is 1.52 bits per heavy atom. The van der Waals surface area contributed by atoms with Crippen molar-refractivity contribution >= 4 is 11.9 Å². The normalized spacial score (nSPS) is 10.5.